The summed E-state index contributed by atoms with van der Waals surface area (Å²) in [5.41, 5.74) is 5.94. The molecule has 4 N–H and O–H groups in total. The number of carboxylic acid groups (broad SMARTS) is 1. The number of nitrogen functional groups attached to an aromatic ring is 1. The minimum Gasteiger partial charge on any atom is -0.465 e. The first-order valence-electron chi connectivity index (χ1n) is 10.8. The van der Waals surface area contributed by atoms with E-state index >= 15 is 0 Å². The lowest BCUT2D eigenvalue weighted by Crippen LogP contribution is -2.58. The van der Waals surface area contributed by atoms with Crippen LogP contribution in [0.1, 0.15) is 32.8 Å². The Balaban J connectivity index is 2.46. The molecule has 0 aliphatic carbocycles. The standard InChI is InChI=1S/C24H32N4O5S/c1-24(2,3)28(23(30)31)21(15-18-9-5-4-6-10-18)22(29)17-27(14-8-13-25)34(32,33)20-12-7-11-19(26)16-20/h4-7,9-12,16,21-22,29H,8,14-15,17,26H2,1-3H3,(H,30,31)/t21-,22+/m0/s1. The van der Waals surface area contributed by atoms with Crippen molar-refractivity contribution in [3.63, 3.8) is 0 Å². The molecule has 0 heterocycles. The molecule has 0 spiro atoms. The van der Waals surface area contributed by atoms with Gasteiger partial charge in [-0.05, 0) is 51.0 Å². The van der Waals surface area contributed by atoms with Crippen LogP contribution < -0.4 is 5.73 Å². The lowest BCUT2D eigenvalue weighted by molar-refractivity contribution is 0.00129. The molecule has 0 radical (unpaired) electrons. The van der Waals surface area contributed by atoms with Crippen molar-refractivity contribution < 1.29 is 23.4 Å². The smallest absolute Gasteiger partial charge is 0.408 e. The lowest BCUT2D eigenvalue weighted by atomic mass is 9.94. The first-order chi connectivity index (χ1) is 15.9. The molecular weight excluding hydrogens is 456 g/mol. The molecule has 9 nitrogen and oxygen atoms in total. The van der Waals surface area contributed by atoms with E-state index in [0.29, 0.717) is 0 Å². The normalized spacial score (nSPS) is 13.8. The molecule has 1 amide bonds. The number of rotatable bonds is 10. The van der Waals surface area contributed by atoms with Gasteiger partial charge in [0.05, 0.1) is 23.1 Å². The molecule has 0 aliphatic rings. The van der Waals surface area contributed by atoms with Gasteiger partial charge in [-0.3, -0.25) is 4.90 Å². The summed E-state index contributed by atoms with van der Waals surface area (Å²) >= 11 is 0. The fourth-order valence-electron chi connectivity index (χ4n) is 3.82. The van der Waals surface area contributed by atoms with Crippen molar-refractivity contribution in [2.45, 2.75) is 56.2 Å². The Bertz CT molecular complexity index is 1110. The number of nitrogens with zero attached hydrogens (tertiary/aromatic N) is 3. The second-order valence-electron chi connectivity index (χ2n) is 8.99. The Hall–Kier alpha value is -3.13. The molecule has 0 bridgehead atoms. The minimum absolute atomic E-state index is 0.0665. The Morgan fingerprint density at radius 3 is 2.32 bits per heavy atom. The van der Waals surface area contributed by atoms with Crippen molar-refractivity contribution in [1.29, 1.82) is 5.26 Å². The number of aliphatic hydroxyl groups is 1. The van der Waals surface area contributed by atoms with E-state index < -0.39 is 40.3 Å². The Kier molecular flexibility index (Phi) is 9.04. The average Bonchev–Trinajstić information content (AvgIpc) is 2.75. The molecule has 2 aromatic rings. The van der Waals surface area contributed by atoms with E-state index in [0.717, 1.165) is 14.8 Å². The van der Waals surface area contributed by atoms with Crippen molar-refractivity contribution in [3.05, 3.63) is 60.2 Å². The zero-order chi connectivity index (χ0) is 25.5. The zero-order valence-electron chi connectivity index (χ0n) is 19.6. The third-order valence-corrected chi connectivity index (χ3v) is 7.21. The molecule has 34 heavy (non-hydrogen) atoms. The minimum atomic E-state index is -4.10. The van der Waals surface area contributed by atoms with Crippen LogP contribution in [-0.4, -0.2) is 64.7 Å². The van der Waals surface area contributed by atoms with Gasteiger partial charge in [0.15, 0.2) is 0 Å². The maximum atomic E-state index is 13.3. The molecule has 0 saturated carbocycles. The van der Waals surface area contributed by atoms with Gasteiger partial charge in [-0.2, -0.15) is 9.57 Å². The average molecular weight is 489 g/mol. The van der Waals surface area contributed by atoms with Crippen molar-refractivity contribution in [1.82, 2.24) is 9.21 Å². The van der Waals surface area contributed by atoms with Crippen LogP contribution in [0, 0.1) is 11.3 Å². The van der Waals surface area contributed by atoms with E-state index in [9.17, 15) is 23.4 Å². The monoisotopic (exact) mass is 488 g/mol. The van der Waals surface area contributed by atoms with Gasteiger partial charge in [-0.25, -0.2) is 13.2 Å². The van der Waals surface area contributed by atoms with Crippen LogP contribution in [0.3, 0.4) is 0 Å². The Morgan fingerprint density at radius 2 is 1.79 bits per heavy atom. The van der Waals surface area contributed by atoms with Crippen LogP contribution in [0.2, 0.25) is 0 Å². The highest BCUT2D eigenvalue weighted by Gasteiger charge is 2.39. The summed E-state index contributed by atoms with van der Waals surface area (Å²) in [5.74, 6) is 0. The van der Waals surface area contributed by atoms with Crippen LogP contribution in [0.15, 0.2) is 59.5 Å². The number of sulfonamides is 1. The van der Waals surface area contributed by atoms with Gasteiger partial charge >= 0.3 is 6.09 Å². The highest BCUT2D eigenvalue weighted by atomic mass is 32.2. The third-order valence-electron chi connectivity index (χ3n) is 5.35. The SMILES string of the molecule is CC(C)(C)N(C(=O)O)[C@@H](Cc1ccccc1)[C@H](O)CN(CCC#N)S(=O)(=O)c1cccc(N)c1. The summed E-state index contributed by atoms with van der Waals surface area (Å²) < 4.78 is 27.7. The van der Waals surface area contributed by atoms with E-state index in [4.69, 9.17) is 11.0 Å². The van der Waals surface area contributed by atoms with E-state index in [1.807, 2.05) is 36.4 Å². The zero-order valence-corrected chi connectivity index (χ0v) is 20.4. The number of aliphatic hydroxyl groups excluding tert-OH is 1. The number of benzene rings is 2. The maximum absolute atomic E-state index is 13.3. The van der Waals surface area contributed by atoms with E-state index in [-0.39, 0.29) is 30.0 Å². The largest absolute Gasteiger partial charge is 0.465 e. The molecule has 184 valence electrons. The van der Waals surface area contributed by atoms with Crippen LogP contribution in [0.25, 0.3) is 0 Å². The van der Waals surface area contributed by atoms with Gasteiger partial charge in [0.1, 0.15) is 0 Å². The molecule has 2 aromatic carbocycles. The number of carbonyl (C=O) groups is 1. The third kappa shape index (κ3) is 6.93. The summed E-state index contributed by atoms with van der Waals surface area (Å²) in [6, 6.07) is 15.8. The highest BCUT2D eigenvalue weighted by Crippen LogP contribution is 2.25. The number of anilines is 1. The molecule has 0 saturated heterocycles. The Morgan fingerprint density at radius 1 is 1.15 bits per heavy atom. The van der Waals surface area contributed by atoms with Gasteiger partial charge in [0, 0.05) is 30.7 Å². The summed E-state index contributed by atoms with van der Waals surface area (Å²) in [4.78, 5) is 13.3. The molecule has 0 fully saturated rings. The van der Waals surface area contributed by atoms with Gasteiger partial charge in [-0.1, -0.05) is 36.4 Å². The first kappa shape index (κ1) is 27.1. The van der Waals surface area contributed by atoms with Crippen molar-refractivity contribution in [3.8, 4) is 6.07 Å². The molecule has 0 aromatic heterocycles. The fraction of sp³-hybridized carbons (Fsp3) is 0.417. The van der Waals surface area contributed by atoms with Crippen LogP contribution in [0.4, 0.5) is 10.5 Å². The van der Waals surface area contributed by atoms with Gasteiger partial charge in [0.2, 0.25) is 10.0 Å². The summed E-state index contributed by atoms with van der Waals surface area (Å²) in [5, 5.41) is 30.3. The number of nitriles is 1. The van der Waals surface area contributed by atoms with Crippen molar-refractivity contribution in [2.24, 2.45) is 0 Å². The van der Waals surface area contributed by atoms with Gasteiger partial charge in [-0.15, -0.1) is 0 Å². The lowest BCUT2D eigenvalue weighted by Gasteiger charge is -2.42. The molecule has 0 aliphatic heterocycles. The summed E-state index contributed by atoms with van der Waals surface area (Å²) in [6.07, 6.45) is -2.52. The highest BCUT2D eigenvalue weighted by molar-refractivity contribution is 7.89. The van der Waals surface area contributed by atoms with Crippen molar-refractivity contribution >= 4 is 21.8 Å². The maximum Gasteiger partial charge on any atom is 0.408 e. The number of amides is 1. The topological polar surface area (TPSA) is 148 Å². The van der Waals surface area contributed by atoms with Crippen molar-refractivity contribution in [2.75, 3.05) is 18.8 Å². The quantitative estimate of drug-likeness (QED) is 0.435. The number of hydrogen-bond acceptors (Lipinski definition) is 6. The molecule has 10 heteroatoms. The van der Waals surface area contributed by atoms with Gasteiger partial charge < -0.3 is 15.9 Å². The second kappa shape index (κ2) is 11.3. The van der Waals surface area contributed by atoms with Crippen LogP contribution in [-0.2, 0) is 16.4 Å². The molecule has 2 rings (SSSR count). The van der Waals surface area contributed by atoms with Gasteiger partial charge in [0.25, 0.3) is 0 Å². The van der Waals surface area contributed by atoms with E-state index in [1.165, 1.54) is 18.2 Å². The molecule has 0 unspecified atom stereocenters. The predicted octanol–water partition coefficient (Wildman–Crippen LogP) is 2.92. The van der Waals surface area contributed by atoms with Crippen LogP contribution >= 0.6 is 0 Å². The predicted molar refractivity (Wildman–Crippen MR) is 129 cm³/mol. The number of nitrogens with two attached hydrogens (primary N) is 1. The van der Waals surface area contributed by atoms with E-state index in [1.54, 1.807) is 26.8 Å². The summed E-state index contributed by atoms with van der Waals surface area (Å²) in [7, 11) is -4.10. The Labute approximate surface area is 201 Å². The summed E-state index contributed by atoms with van der Waals surface area (Å²) in [6.45, 7) is 4.58. The fourth-order valence-corrected chi connectivity index (χ4v) is 5.33. The second-order valence-corrected chi connectivity index (χ2v) is 10.9. The van der Waals surface area contributed by atoms with Crippen LogP contribution in [0.5, 0.6) is 0 Å². The first-order valence-corrected chi connectivity index (χ1v) is 12.3. The molecule has 2 atom stereocenters. The molecular formula is C24H32N4O5S. The van der Waals surface area contributed by atoms with E-state index in [2.05, 4.69) is 0 Å². The number of hydrogen-bond donors (Lipinski definition) is 3.